The lowest BCUT2D eigenvalue weighted by atomic mass is 10.0. The number of rotatable bonds is 4. The summed E-state index contributed by atoms with van der Waals surface area (Å²) >= 11 is 3.36. The number of para-hydroxylation sites is 1. The van der Waals surface area contributed by atoms with Gasteiger partial charge in [0.2, 0.25) is 5.91 Å². The van der Waals surface area contributed by atoms with E-state index in [1.807, 2.05) is 24.3 Å². The zero-order valence-corrected chi connectivity index (χ0v) is 12.2. The van der Waals surface area contributed by atoms with Crippen LogP contribution in [0.5, 0.6) is 0 Å². The molecular weight excluding hydrogens is 318 g/mol. The first-order chi connectivity index (χ1) is 9.70. The van der Waals surface area contributed by atoms with Crippen molar-refractivity contribution < 1.29 is 4.79 Å². The van der Waals surface area contributed by atoms with Crippen LogP contribution in [-0.2, 0) is 11.2 Å². The molecule has 0 aliphatic rings. The fourth-order valence-electron chi connectivity index (χ4n) is 1.73. The fourth-order valence-corrected chi connectivity index (χ4v) is 2.12. The van der Waals surface area contributed by atoms with Gasteiger partial charge in [0, 0.05) is 16.9 Å². The van der Waals surface area contributed by atoms with E-state index in [0.717, 1.165) is 10.0 Å². The third kappa shape index (κ3) is 3.65. The van der Waals surface area contributed by atoms with E-state index in [0.29, 0.717) is 12.1 Å². The lowest BCUT2D eigenvalue weighted by molar-refractivity contribution is -0.118. The van der Waals surface area contributed by atoms with Crippen molar-refractivity contribution in [3.8, 4) is 6.07 Å². The number of carbonyl (C=O) groups excluding carboxylic acids is 1. The van der Waals surface area contributed by atoms with Crippen LogP contribution in [0.15, 0.2) is 53.3 Å². The number of anilines is 1. The van der Waals surface area contributed by atoms with Crippen LogP contribution in [0.3, 0.4) is 0 Å². The maximum Gasteiger partial charge on any atom is 0.242 e. The molecule has 0 saturated heterocycles. The molecule has 0 bridgehead atoms. The lowest BCUT2D eigenvalue weighted by Gasteiger charge is -2.11. The number of halogens is 1. The first kappa shape index (κ1) is 14.2. The van der Waals surface area contributed by atoms with E-state index in [2.05, 4.69) is 26.2 Å². The number of amides is 1. The van der Waals surface area contributed by atoms with Crippen LogP contribution in [0.4, 0.5) is 5.69 Å². The molecule has 0 radical (unpaired) electrons. The Hall–Kier alpha value is -2.19. The zero-order chi connectivity index (χ0) is 14.4. The number of nitriles is 1. The maximum absolute atomic E-state index is 12.1. The maximum atomic E-state index is 12.1. The summed E-state index contributed by atoms with van der Waals surface area (Å²) < 4.78 is 0.786. The van der Waals surface area contributed by atoms with Crippen molar-refractivity contribution in [1.29, 1.82) is 5.26 Å². The first-order valence-corrected chi connectivity index (χ1v) is 6.84. The second-order valence-corrected chi connectivity index (χ2v) is 5.06. The van der Waals surface area contributed by atoms with Crippen molar-refractivity contribution in [2.45, 2.75) is 6.42 Å². The molecule has 4 nitrogen and oxygen atoms in total. The standard InChI is InChI=1S/C15H12BrN3O/c16-13-3-1-2-4-14(13)19-15(20)12(10-17)9-11-5-7-18-8-6-11/h1-8,12H,9H2,(H,19,20)/t12-/m0/s1. The Labute approximate surface area is 125 Å². The summed E-state index contributed by atoms with van der Waals surface area (Å²) in [7, 11) is 0. The van der Waals surface area contributed by atoms with Crippen molar-refractivity contribution in [3.05, 3.63) is 58.8 Å². The van der Waals surface area contributed by atoms with Gasteiger partial charge in [-0.3, -0.25) is 9.78 Å². The van der Waals surface area contributed by atoms with Gasteiger partial charge in [0.25, 0.3) is 0 Å². The van der Waals surface area contributed by atoms with Gasteiger partial charge in [-0.25, -0.2) is 0 Å². The van der Waals surface area contributed by atoms with Crippen molar-refractivity contribution in [2.75, 3.05) is 5.32 Å². The van der Waals surface area contributed by atoms with Crippen LogP contribution in [0.25, 0.3) is 0 Å². The number of hydrogen-bond acceptors (Lipinski definition) is 3. The minimum absolute atomic E-state index is 0.309. The molecule has 1 aromatic heterocycles. The molecule has 1 N–H and O–H groups in total. The Morgan fingerprint density at radius 3 is 2.65 bits per heavy atom. The molecule has 0 fully saturated rings. The highest BCUT2D eigenvalue weighted by Crippen LogP contribution is 2.22. The summed E-state index contributed by atoms with van der Waals surface area (Å²) in [5, 5.41) is 11.9. The van der Waals surface area contributed by atoms with Gasteiger partial charge in [-0.2, -0.15) is 5.26 Å². The molecule has 0 saturated carbocycles. The van der Waals surface area contributed by atoms with E-state index in [-0.39, 0.29) is 5.91 Å². The quantitative estimate of drug-likeness (QED) is 0.936. The van der Waals surface area contributed by atoms with Crippen molar-refractivity contribution >= 4 is 27.5 Å². The Balaban J connectivity index is 2.07. The molecule has 2 aromatic rings. The van der Waals surface area contributed by atoms with E-state index < -0.39 is 5.92 Å². The van der Waals surface area contributed by atoms with Gasteiger partial charge in [0.1, 0.15) is 5.92 Å². The van der Waals surface area contributed by atoms with Crippen LogP contribution < -0.4 is 5.32 Å². The van der Waals surface area contributed by atoms with Crippen LogP contribution in [-0.4, -0.2) is 10.9 Å². The summed E-state index contributed by atoms with van der Waals surface area (Å²) in [6, 6.07) is 12.9. The minimum Gasteiger partial charge on any atom is -0.324 e. The van der Waals surface area contributed by atoms with Gasteiger partial charge in [0.15, 0.2) is 0 Å². The monoisotopic (exact) mass is 329 g/mol. The molecule has 0 aliphatic carbocycles. The highest BCUT2D eigenvalue weighted by Gasteiger charge is 2.19. The van der Waals surface area contributed by atoms with Gasteiger partial charge in [-0.15, -0.1) is 0 Å². The lowest BCUT2D eigenvalue weighted by Crippen LogP contribution is -2.23. The third-order valence-corrected chi connectivity index (χ3v) is 3.48. The van der Waals surface area contributed by atoms with E-state index in [9.17, 15) is 4.79 Å². The Bertz CT molecular complexity index is 637. The van der Waals surface area contributed by atoms with Gasteiger partial charge in [-0.05, 0) is 52.2 Å². The Morgan fingerprint density at radius 2 is 2.00 bits per heavy atom. The van der Waals surface area contributed by atoms with Crippen LogP contribution >= 0.6 is 15.9 Å². The van der Waals surface area contributed by atoms with E-state index in [4.69, 9.17) is 5.26 Å². The predicted octanol–water partition coefficient (Wildman–Crippen LogP) is 3.17. The summed E-state index contributed by atoms with van der Waals surface area (Å²) in [5.74, 6) is -1.04. The number of nitrogens with one attached hydrogen (secondary N) is 1. The van der Waals surface area contributed by atoms with Crippen LogP contribution in [0.2, 0.25) is 0 Å². The second-order valence-electron chi connectivity index (χ2n) is 4.21. The highest BCUT2D eigenvalue weighted by molar-refractivity contribution is 9.10. The van der Waals surface area contributed by atoms with Crippen LogP contribution in [0, 0.1) is 17.2 Å². The molecule has 20 heavy (non-hydrogen) atoms. The Kier molecular flexibility index (Phi) is 4.85. The molecule has 1 aromatic carbocycles. The van der Waals surface area contributed by atoms with Gasteiger partial charge < -0.3 is 5.32 Å². The molecule has 0 spiro atoms. The van der Waals surface area contributed by atoms with Gasteiger partial charge in [0.05, 0.1) is 11.8 Å². The van der Waals surface area contributed by atoms with E-state index in [1.165, 1.54) is 0 Å². The molecule has 1 heterocycles. The number of hydrogen-bond donors (Lipinski definition) is 1. The number of aromatic nitrogens is 1. The topological polar surface area (TPSA) is 65.8 Å². The molecule has 100 valence electrons. The summed E-state index contributed by atoms with van der Waals surface area (Å²) in [6.07, 6.45) is 3.67. The Morgan fingerprint density at radius 1 is 1.30 bits per heavy atom. The summed E-state index contributed by atoms with van der Waals surface area (Å²) in [6.45, 7) is 0. The van der Waals surface area contributed by atoms with E-state index >= 15 is 0 Å². The summed E-state index contributed by atoms with van der Waals surface area (Å²) in [5.41, 5.74) is 1.57. The molecule has 5 heteroatoms. The predicted molar refractivity (Wildman–Crippen MR) is 79.8 cm³/mol. The smallest absolute Gasteiger partial charge is 0.242 e. The molecule has 2 rings (SSSR count). The highest BCUT2D eigenvalue weighted by atomic mass is 79.9. The van der Waals surface area contributed by atoms with Crippen molar-refractivity contribution in [2.24, 2.45) is 5.92 Å². The molecule has 1 amide bonds. The second kappa shape index (κ2) is 6.83. The fraction of sp³-hybridized carbons (Fsp3) is 0.133. The van der Waals surface area contributed by atoms with Gasteiger partial charge >= 0.3 is 0 Å². The average Bonchev–Trinajstić information content (AvgIpc) is 2.48. The van der Waals surface area contributed by atoms with Crippen LogP contribution in [0.1, 0.15) is 5.56 Å². The number of benzene rings is 1. The molecular formula is C15H12BrN3O. The number of carbonyl (C=O) groups is 1. The number of nitrogens with zero attached hydrogens (tertiary/aromatic N) is 2. The van der Waals surface area contributed by atoms with E-state index in [1.54, 1.807) is 30.6 Å². The summed E-state index contributed by atoms with van der Waals surface area (Å²) in [4.78, 5) is 16.0. The van der Waals surface area contributed by atoms with Crippen molar-refractivity contribution in [3.63, 3.8) is 0 Å². The normalized spacial score (nSPS) is 11.4. The molecule has 1 atom stereocenters. The largest absolute Gasteiger partial charge is 0.324 e. The van der Waals surface area contributed by atoms with Gasteiger partial charge in [-0.1, -0.05) is 12.1 Å². The SMILES string of the molecule is N#C[C@H](Cc1ccncc1)C(=O)Nc1ccccc1Br. The number of pyridine rings is 1. The zero-order valence-electron chi connectivity index (χ0n) is 10.6. The van der Waals surface area contributed by atoms with Crippen molar-refractivity contribution in [1.82, 2.24) is 4.98 Å². The minimum atomic E-state index is -0.732. The third-order valence-electron chi connectivity index (χ3n) is 2.79. The average molecular weight is 330 g/mol. The molecule has 0 aliphatic heterocycles. The first-order valence-electron chi connectivity index (χ1n) is 6.04. The molecule has 0 unspecified atom stereocenters.